The molecule has 1 atom stereocenters. The van der Waals surface area contributed by atoms with Crippen molar-refractivity contribution in [3.05, 3.63) is 0 Å². The average Bonchev–Trinajstić information content (AvgIpc) is 2.75. The highest BCUT2D eigenvalue weighted by molar-refractivity contribution is 7.80. The van der Waals surface area contributed by atoms with Crippen LogP contribution in [0, 0.1) is 11.3 Å². The molecule has 0 bridgehead atoms. The van der Waals surface area contributed by atoms with Crippen LogP contribution in [0.2, 0.25) is 0 Å². The molecule has 1 saturated carbocycles. The molecule has 5 heteroatoms. The monoisotopic (exact) mass is 241 g/mol. The molecule has 0 aromatic heterocycles. The van der Waals surface area contributed by atoms with Crippen LogP contribution in [0.25, 0.3) is 0 Å². The zero-order valence-electron chi connectivity index (χ0n) is 9.45. The van der Waals surface area contributed by atoms with Crippen LogP contribution in [0.5, 0.6) is 0 Å². The van der Waals surface area contributed by atoms with E-state index >= 15 is 0 Å². The van der Waals surface area contributed by atoms with Crippen molar-refractivity contribution in [3.8, 4) is 0 Å². The van der Waals surface area contributed by atoms with Gasteiger partial charge in [0, 0.05) is 19.5 Å². The Morgan fingerprint density at radius 3 is 2.56 bits per heavy atom. The summed E-state index contributed by atoms with van der Waals surface area (Å²) in [4.78, 5) is 14.0. The Morgan fingerprint density at radius 1 is 1.44 bits per heavy atom. The molecule has 1 heterocycles. The Kier molecular flexibility index (Phi) is 3.17. The Balaban J connectivity index is 1.83. The molecule has 2 rings (SSSR count). The summed E-state index contributed by atoms with van der Waals surface area (Å²) in [7, 11) is 0. The predicted octanol–water partition coefficient (Wildman–Crippen LogP) is 0.250. The van der Waals surface area contributed by atoms with Gasteiger partial charge in [-0.1, -0.05) is 12.2 Å². The fraction of sp³-hybridized carbons (Fsp3) is 0.818. The van der Waals surface area contributed by atoms with E-state index in [9.17, 15) is 4.79 Å². The molecular formula is C11H19N3OS. The van der Waals surface area contributed by atoms with E-state index < -0.39 is 0 Å². The van der Waals surface area contributed by atoms with Gasteiger partial charge in [0.15, 0.2) is 0 Å². The first-order valence-electron chi connectivity index (χ1n) is 5.81. The molecule has 1 aliphatic carbocycles. The normalized spacial score (nSPS) is 27.9. The summed E-state index contributed by atoms with van der Waals surface area (Å²) in [5, 5.41) is 0. The van der Waals surface area contributed by atoms with Crippen LogP contribution in [0.1, 0.15) is 25.7 Å². The molecule has 90 valence electrons. The summed E-state index contributed by atoms with van der Waals surface area (Å²) in [5.74, 6) is -0.123. The maximum absolute atomic E-state index is 11.1. The third kappa shape index (κ3) is 2.71. The number of carbonyl (C=O) groups excluding carboxylic acids is 1. The highest BCUT2D eigenvalue weighted by atomic mass is 32.1. The van der Waals surface area contributed by atoms with E-state index in [-0.39, 0.29) is 11.8 Å². The third-order valence-corrected chi connectivity index (χ3v) is 3.88. The van der Waals surface area contributed by atoms with E-state index in [1.54, 1.807) is 0 Å². The Labute approximate surface area is 101 Å². The number of rotatable bonds is 5. The van der Waals surface area contributed by atoms with E-state index in [4.69, 9.17) is 23.7 Å². The topological polar surface area (TPSA) is 72.4 Å². The van der Waals surface area contributed by atoms with Crippen LogP contribution in [-0.2, 0) is 4.79 Å². The zero-order chi connectivity index (χ0) is 11.8. The van der Waals surface area contributed by atoms with Crippen molar-refractivity contribution in [2.24, 2.45) is 22.8 Å². The first kappa shape index (κ1) is 11.8. The molecule has 0 radical (unpaired) electrons. The van der Waals surface area contributed by atoms with Gasteiger partial charge in [-0.2, -0.15) is 0 Å². The number of primary amides is 1. The summed E-state index contributed by atoms with van der Waals surface area (Å²) in [6.45, 7) is 2.81. The summed E-state index contributed by atoms with van der Waals surface area (Å²) < 4.78 is 0. The molecule has 2 aliphatic rings. The molecule has 1 saturated heterocycles. The lowest BCUT2D eigenvalue weighted by Gasteiger charge is -2.22. The molecule has 16 heavy (non-hydrogen) atoms. The van der Waals surface area contributed by atoms with Crippen LogP contribution in [0.4, 0.5) is 0 Å². The molecule has 4 nitrogen and oxygen atoms in total. The first-order valence-corrected chi connectivity index (χ1v) is 6.22. The van der Waals surface area contributed by atoms with Gasteiger partial charge in [-0.15, -0.1) is 0 Å². The maximum atomic E-state index is 11.1. The number of hydrogen-bond acceptors (Lipinski definition) is 3. The Bertz CT molecular complexity index is 314. The minimum absolute atomic E-state index is 0.0422. The van der Waals surface area contributed by atoms with Crippen molar-refractivity contribution in [2.45, 2.75) is 25.7 Å². The number of amides is 1. The lowest BCUT2D eigenvalue weighted by molar-refractivity contribution is -0.121. The van der Waals surface area contributed by atoms with Crippen molar-refractivity contribution in [1.29, 1.82) is 0 Å². The Morgan fingerprint density at radius 2 is 2.12 bits per heavy atom. The number of likely N-dealkylation sites (tertiary alicyclic amines) is 1. The molecule has 1 aliphatic heterocycles. The van der Waals surface area contributed by atoms with Crippen LogP contribution < -0.4 is 11.5 Å². The van der Waals surface area contributed by atoms with Gasteiger partial charge < -0.3 is 16.4 Å². The summed E-state index contributed by atoms with van der Waals surface area (Å²) in [6, 6.07) is 0. The predicted molar refractivity (Wildman–Crippen MR) is 66.8 cm³/mol. The molecule has 1 unspecified atom stereocenters. The average molecular weight is 241 g/mol. The number of carbonyl (C=O) groups is 1. The molecule has 2 fully saturated rings. The summed E-state index contributed by atoms with van der Waals surface area (Å²) in [5.41, 5.74) is 11.2. The number of nitrogens with zero attached hydrogens (tertiary/aromatic N) is 1. The minimum Gasteiger partial charge on any atom is -0.393 e. The number of thiocarbonyl (C=S) groups is 1. The van der Waals surface area contributed by atoms with Crippen molar-refractivity contribution in [2.75, 3.05) is 19.6 Å². The molecule has 0 aromatic carbocycles. The van der Waals surface area contributed by atoms with Crippen LogP contribution in [0.3, 0.4) is 0 Å². The summed E-state index contributed by atoms with van der Waals surface area (Å²) in [6.07, 6.45) is 4.17. The van der Waals surface area contributed by atoms with E-state index in [1.807, 2.05) is 0 Å². The van der Waals surface area contributed by atoms with Gasteiger partial charge in [0.1, 0.15) is 0 Å². The lowest BCUT2D eigenvalue weighted by Crippen LogP contribution is -2.32. The largest absolute Gasteiger partial charge is 0.393 e. The third-order valence-electron chi connectivity index (χ3n) is 3.74. The molecule has 4 N–H and O–H groups in total. The molecular weight excluding hydrogens is 222 g/mol. The van der Waals surface area contributed by atoms with Crippen LogP contribution in [-0.4, -0.2) is 35.4 Å². The second-order valence-electron chi connectivity index (χ2n) is 5.27. The van der Waals surface area contributed by atoms with Crippen LogP contribution in [0.15, 0.2) is 0 Å². The van der Waals surface area contributed by atoms with Gasteiger partial charge in [0.05, 0.1) is 10.9 Å². The van der Waals surface area contributed by atoms with Crippen molar-refractivity contribution >= 4 is 23.1 Å². The smallest absolute Gasteiger partial charge is 0.221 e. The fourth-order valence-corrected chi connectivity index (χ4v) is 2.93. The zero-order valence-corrected chi connectivity index (χ0v) is 10.3. The van der Waals surface area contributed by atoms with Gasteiger partial charge in [0.2, 0.25) is 5.91 Å². The van der Waals surface area contributed by atoms with Crippen molar-refractivity contribution in [3.63, 3.8) is 0 Å². The van der Waals surface area contributed by atoms with E-state index in [0.717, 1.165) is 32.5 Å². The number of hydrogen-bond donors (Lipinski definition) is 2. The van der Waals surface area contributed by atoms with Crippen molar-refractivity contribution in [1.82, 2.24) is 4.90 Å². The number of nitrogens with two attached hydrogens (primary N) is 2. The molecule has 1 amide bonds. The highest BCUT2D eigenvalue weighted by Crippen LogP contribution is 2.49. The first-order chi connectivity index (χ1) is 7.51. The van der Waals surface area contributed by atoms with E-state index in [1.165, 1.54) is 12.8 Å². The van der Waals surface area contributed by atoms with Gasteiger partial charge >= 0.3 is 0 Å². The fourth-order valence-electron chi connectivity index (χ4n) is 2.62. The second kappa shape index (κ2) is 4.30. The lowest BCUT2D eigenvalue weighted by atomic mass is 10.0. The quantitative estimate of drug-likeness (QED) is 0.677. The molecule has 0 spiro atoms. The van der Waals surface area contributed by atoms with Crippen molar-refractivity contribution < 1.29 is 4.79 Å². The minimum atomic E-state index is -0.165. The summed E-state index contributed by atoms with van der Waals surface area (Å²) >= 11 is 4.97. The maximum Gasteiger partial charge on any atom is 0.221 e. The van der Waals surface area contributed by atoms with E-state index in [0.29, 0.717) is 10.4 Å². The van der Waals surface area contributed by atoms with Gasteiger partial charge in [0.25, 0.3) is 0 Å². The van der Waals surface area contributed by atoms with E-state index in [2.05, 4.69) is 4.90 Å². The van der Waals surface area contributed by atoms with Gasteiger partial charge in [-0.05, 0) is 31.2 Å². The Hall–Kier alpha value is -0.680. The molecule has 0 aromatic rings. The second-order valence-corrected chi connectivity index (χ2v) is 5.79. The van der Waals surface area contributed by atoms with Crippen LogP contribution >= 0.6 is 12.2 Å². The standard InChI is InChI=1S/C11H19N3OS/c12-9(16)5-11(2-3-11)7-14-4-1-8(6-14)10(13)15/h8H,1-7H2,(H2,12,16)(H2,13,15). The SMILES string of the molecule is NC(=O)C1CCN(CC2(CC(N)=S)CC2)C1. The van der Waals surface area contributed by atoms with Gasteiger partial charge in [-0.3, -0.25) is 4.79 Å². The van der Waals surface area contributed by atoms with Gasteiger partial charge in [-0.25, -0.2) is 0 Å². The highest BCUT2D eigenvalue weighted by Gasteiger charge is 2.45.